The number of nitrogens with one attached hydrogen (secondary N) is 1. The number of carbonyl (C=O) groups is 2. The van der Waals surface area contributed by atoms with Crippen LogP contribution in [0.15, 0.2) is 29.6 Å². The molecule has 2 aromatic heterocycles. The van der Waals surface area contributed by atoms with Crippen molar-refractivity contribution in [3.8, 4) is 0 Å². The van der Waals surface area contributed by atoms with Crippen LogP contribution in [0.1, 0.15) is 16.2 Å². The Kier molecular flexibility index (Phi) is 4.59. The van der Waals surface area contributed by atoms with Gasteiger partial charge in [-0.3, -0.25) is 14.9 Å². The summed E-state index contributed by atoms with van der Waals surface area (Å²) in [5.74, 6) is -0.447. The van der Waals surface area contributed by atoms with Gasteiger partial charge < -0.3 is 10.3 Å². The summed E-state index contributed by atoms with van der Waals surface area (Å²) in [6, 6.07) is 5.01. The van der Waals surface area contributed by atoms with Crippen molar-refractivity contribution in [3.05, 3.63) is 35.8 Å². The van der Waals surface area contributed by atoms with Crippen LogP contribution in [0.3, 0.4) is 0 Å². The third kappa shape index (κ3) is 4.06. The largest absolute Gasteiger partial charge is 0.384 e. The number of nitrogens with two attached hydrogens (primary N) is 1. The van der Waals surface area contributed by atoms with Gasteiger partial charge in [0.05, 0.1) is 5.75 Å². The lowest BCUT2D eigenvalue weighted by molar-refractivity contribution is -0.117. The van der Waals surface area contributed by atoms with Crippen molar-refractivity contribution in [3.63, 3.8) is 0 Å². The lowest BCUT2D eigenvalue weighted by atomic mass is 10.4. The normalized spacial score (nSPS) is 10.4. The maximum absolute atomic E-state index is 11.8. The number of aromatic nitrogens is 3. The number of hydrogen-bond acceptors (Lipinski definition) is 6. The van der Waals surface area contributed by atoms with Gasteiger partial charge in [-0.2, -0.15) is 0 Å². The third-order valence-corrected chi connectivity index (χ3v) is 3.46. The molecule has 0 saturated carbocycles. The van der Waals surface area contributed by atoms with Gasteiger partial charge in [0.1, 0.15) is 11.5 Å². The van der Waals surface area contributed by atoms with E-state index in [1.54, 1.807) is 42.9 Å². The molecule has 8 heteroatoms. The summed E-state index contributed by atoms with van der Waals surface area (Å²) in [6.45, 7) is 1.79. The van der Waals surface area contributed by atoms with Gasteiger partial charge in [0, 0.05) is 25.0 Å². The van der Waals surface area contributed by atoms with E-state index in [1.165, 1.54) is 0 Å². The summed E-state index contributed by atoms with van der Waals surface area (Å²) >= 11 is 1.13. The van der Waals surface area contributed by atoms with Gasteiger partial charge in [-0.15, -0.1) is 0 Å². The Morgan fingerprint density at radius 2 is 2.19 bits per heavy atom. The molecule has 0 fully saturated rings. The zero-order valence-corrected chi connectivity index (χ0v) is 12.5. The van der Waals surface area contributed by atoms with Crippen molar-refractivity contribution < 1.29 is 9.59 Å². The molecule has 0 aliphatic heterocycles. The maximum atomic E-state index is 11.8. The Bertz CT molecular complexity index is 663. The van der Waals surface area contributed by atoms with Gasteiger partial charge in [-0.25, -0.2) is 9.97 Å². The summed E-state index contributed by atoms with van der Waals surface area (Å²) in [5, 5.41) is 2.73. The summed E-state index contributed by atoms with van der Waals surface area (Å²) in [5.41, 5.74) is 6.75. The van der Waals surface area contributed by atoms with Crippen LogP contribution >= 0.6 is 11.8 Å². The molecule has 0 saturated heterocycles. The van der Waals surface area contributed by atoms with E-state index in [2.05, 4.69) is 15.3 Å². The molecule has 3 N–H and O–H groups in total. The van der Waals surface area contributed by atoms with Gasteiger partial charge in [0.2, 0.25) is 5.91 Å². The standard InChI is InChI=1S/C13H15N5O2S/c1-8-6-10(14)16-13(15-8)21-7-11(19)17-12(20)9-4-3-5-18(9)2/h3-6H,7H2,1-2H3,(H2,14,15,16)(H,17,19,20). The van der Waals surface area contributed by atoms with Crippen molar-refractivity contribution in [2.24, 2.45) is 7.05 Å². The van der Waals surface area contributed by atoms with Crippen LogP contribution in [0, 0.1) is 6.92 Å². The topological polar surface area (TPSA) is 103 Å². The average Bonchev–Trinajstić information content (AvgIpc) is 2.81. The number of nitrogen functional groups attached to an aromatic ring is 1. The molecule has 2 amide bonds. The molecule has 2 heterocycles. The smallest absolute Gasteiger partial charge is 0.274 e. The number of hydrogen-bond donors (Lipinski definition) is 2. The zero-order valence-electron chi connectivity index (χ0n) is 11.7. The highest BCUT2D eigenvalue weighted by atomic mass is 32.2. The van der Waals surface area contributed by atoms with E-state index in [-0.39, 0.29) is 5.75 Å². The molecule has 110 valence electrons. The number of rotatable bonds is 4. The molecular weight excluding hydrogens is 290 g/mol. The third-order valence-electron chi connectivity index (χ3n) is 2.62. The minimum atomic E-state index is -0.433. The molecule has 0 bridgehead atoms. The number of imide groups is 1. The van der Waals surface area contributed by atoms with Crippen molar-refractivity contribution in [1.29, 1.82) is 0 Å². The van der Waals surface area contributed by atoms with Gasteiger partial charge in [0.15, 0.2) is 5.16 Å². The molecule has 2 rings (SSSR count). The van der Waals surface area contributed by atoms with Gasteiger partial charge in [0.25, 0.3) is 5.91 Å². The van der Waals surface area contributed by atoms with Gasteiger partial charge >= 0.3 is 0 Å². The van der Waals surface area contributed by atoms with Crippen LogP contribution < -0.4 is 11.1 Å². The first-order valence-corrected chi connectivity index (χ1v) is 7.14. The van der Waals surface area contributed by atoms with Crippen LogP contribution in [0.4, 0.5) is 5.82 Å². The van der Waals surface area contributed by atoms with Crippen LogP contribution in [-0.4, -0.2) is 32.1 Å². The predicted molar refractivity (Wildman–Crippen MR) is 79.8 cm³/mol. The number of carbonyl (C=O) groups excluding carboxylic acids is 2. The molecule has 0 aliphatic carbocycles. The van der Waals surface area contributed by atoms with E-state index in [4.69, 9.17) is 5.73 Å². The Morgan fingerprint density at radius 3 is 2.81 bits per heavy atom. The summed E-state index contributed by atoms with van der Waals surface area (Å²) in [6.07, 6.45) is 1.73. The van der Waals surface area contributed by atoms with Crippen LogP contribution in [-0.2, 0) is 11.8 Å². The molecule has 2 aromatic rings. The zero-order chi connectivity index (χ0) is 15.4. The fraction of sp³-hybridized carbons (Fsp3) is 0.231. The first-order chi connectivity index (χ1) is 9.95. The lowest BCUT2D eigenvalue weighted by Gasteiger charge is -2.05. The van der Waals surface area contributed by atoms with Crippen molar-refractivity contribution in [2.75, 3.05) is 11.5 Å². The molecule has 0 aromatic carbocycles. The molecule has 0 unspecified atom stereocenters. The van der Waals surface area contributed by atoms with Crippen molar-refractivity contribution in [1.82, 2.24) is 19.9 Å². The van der Waals surface area contributed by atoms with Crippen LogP contribution in [0.25, 0.3) is 0 Å². The second-order valence-electron chi connectivity index (χ2n) is 4.39. The van der Waals surface area contributed by atoms with Crippen molar-refractivity contribution in [2.45, 2.75) is 12.1 Å². The highest BCUT2D eigenvalue weighted by molar-refractivity contribution is 7.99. The quantitative estimate of drug-likeness (QED) is 0.638. The molecular formula is C13H15N5O2S. The SMILES string of the molecule is Cc1cc(N)nc(SCC(=O)NC(=O)c2cccn2C)n1. The maximum Gasteiger partial charge on any atom is 0.274 e. The highest BCUT2D eigenvalue weighted by Crippen LogP contribution is 2.14. The molecule has 0 aliphatic rings. The summed E-state index contributed by atoms with van der Waals surface area (Å²) in [7, 11) is 1.73. The molecule has 21 heavy (non-hydrogen) atoms. The average molecular weight is 305 g/mol. The van der Waals surface area contributed by atoms with E-state index >= 15 is 0 Å². The Morgan fingerprint density at radius 1 is 1.43 bits per heavy atom. The van der Waals surface area contributed by atoms with Crippen molar-refractivity contribution >= 4 is 29.4 Å². The Hall–Kier alpha value is -2.35. The van der Waals surface area contributed by atoms with E-state index in [0.717, 1.165) is 17.5 Å². The minimum Gasteiger partial charge on any atom is -0.384 e. The summed E-state index contributed by atoms with van der Waals surface area (Å²) < 4.78 is 1.64. The molecule has 7 nitrogen and oxygen atoms in total. The van der Waals surface area contributed by atoms with Crippen LogP contribution in [0.5, 0.6) is 0 Å². The molecule has 0 spiro atoms. The fourth-order valence-electron chi connectivity index (χ4n) is 1.68. The second-order valence-corrected chi connectivity index (χ2v) is 5.33. The minimum absolute atomic E-state index is 0.0407. The number of aryl methyl sites for hydroxylation is 2. The first-order valence-electron chi connectivity index (χ1n) is 6.15. The van der Waals surface area contributed by atoms with Crippen LogP contribution in [0.2, 0.25) is 0 Å². The number of thioether (sulfide) groups is 1. The van der Waals surface area contributed by atoms with Gasteiger partial charge in [-0.05, 0) is 19.1 Å². The van der Waals surface area contributed by atoms with Gasteiger partial charge in [-0.1, -0.05) is 11.8 Å². The highest BCUT2D eigenvalue weighted by Gasteiger charge is 2.13. The number of anilines is 1. The fourth-order valence-corrected chi connectivity index (χ4v) is 2.39. The molecule has 0 radical (unpaired) electrons. The Balaban J connectivity index is 1.90. The molecule has 0 atom stereocenters. The second kappa shape index (κ2) is 6.40. The number of amides is 2. The number of nitrogens with zero attached hydrogens (tertiary/aromatic N) is 3. The van der Waals surface area contributed by atoms with E-state index in [9.17, 15) is 9.59 Å². The Labute approximate surface area is 126 Å². The predicted octanol–water partition coefficient (Wildman–Crippen LogP) is 0.754. The lowest BCUT2D eigenvalue weighted by Crippen LogP contribution is -2.33. The first kappa shape index (κ1) is 15.0. The van der Waals surface area contributed by atoms with E-state index in [1.807, 2.05) is 0 Å². The monoisotopic (exact) mass is 305 g/mol. The summed E-state index contributed by atoms with van der Waals surface area (Å²) in [4.78, 5) is 31.8. The van der Waals surface area contributed by atoms with E-state index < -0.39 is 11.8 Å². The van der Waals surface area contributed by atoms with E-state index in [0.29, 0.717) is 16.7 Å².